The maximum atomic E-state index is 12.1. The Balaban J connectivity index is 1.34. The Morgan fingerprint density at radius 2 is 1.73 bits per heavy atom. The number of hydrogen-bond acceptors (Lipinski definition) is 6. The van der Waals surface area contributed by atoms with Gasteiger partial charge in [-0.05, 0) is 37.3 Å². The normalized spacial score (nSPS) is 14.7. The summed E-state index contributed by atoms with van der Waals surface area (Å²) in [6.07, 6.45) is 4.02. The van der Waals surface area contributed by atoms with E-state index in [1.54, 1.807) is 0 Å². The third-order valence-electron chi connectivity index (χ3n) is 6.25. The minimum absolute atomic E-state index is 0.354. The number of fused-ring (bicyclic) bond motifs is 1. The van der Waals surface area contributed by atoms with Crippen LogP contribution in [-0.4, -0.2) is 58.6 Å². The van der Waals surface area contributed by atoms with Crippen molar-refractivity contribution in [2.45, 2.75) is 32.7 Å². The lowest BCUT2D eigenvalue weighted by Crippen LogP contribution is -2.46. The molecule has 2 aromatic carbocycles. The van der Waals surface area contributed by atoms with Gasteiger partial charge in [-0.3, -0.25) is 14.3 Å². The highest BCUT2D eigenvalue weighted by atomic mass is 16.5. The molecule has 0 radical (unpaired) electrons. The second kappa shape index (κ2) is 10.7. The Labute approximate surface area is 194 Å². The summed E-state index contributed by atoms with van der Waals surface area (Å²) >= 11 is 0. The maximum absolute atomic E-state index is 12.1. The predicted molar refractivity (Wildman–Crippen MR) is 131 cm³/mol. The fourth-order valence-electron chi connectivity index (χ4n) is 4.36. The van der Waals surface area contributed by atoms with E-state index in [1.165, 1.54) is 34.4 Å². The van der Waals surface area contributed by atoms with E-state index in [4.69, 9.17) is 4.74 Å². The van der Waals surface area contributed by atoms with Crippen LogP contribution in [0, 0.1) is 0 Å². The number of aryl methyl sites for hydroxylation is 1. The fraction of sp³-hybridized carbons (Fsp3) is 0.480. The summed E-state index contributed by atoms with van der Waals surface area (Å²) in [7, 11) is 1.48. The number of nitrogens with zero attached hydrogens (tertiary/aromatic N) is 5. The molecular formula is C25H33N5O3. The van der Waals surface area contributed by atoms with Gasteiger partial charge in [0.25, 0.3) is 5.56 Å². The molecule has 8 heteroatoms. The van der Waals surface area contributed by atoms with Gasteiger partial charge in [0.1, 0.15) is 11.9 Å². The third kappa shape index (κ3) is 5.27. The molecule has 8 nitrogen and oxygen atoms in total. The Kier molecular flexibility index (Phi) is 7.44. The van der Waals surface area contributed by atoms with Crippen molar-refractivity contribution in [1.29, 1.82) is 0 Å². The van der Waals surface area contributed by atoms with Crippen LogP contribution in [0.5, 0.6) is 5.75 Å². The van der Waals surface area contributed by atoms with E-state index < -0.39 is 0 Å². The minimum Gasteiger partial charge on any atom is -0.491 e. The number of ether oxygens (including phenoxy) is 1. The standard InChI is InChI=1S/C25H33N5O3/c1-3-18-33-22-11-10-20-8-4-5-9-21(20)24(22)29-16-14-28(15-17-29)12-6-7-13-30-25(32)27(2)23(31)19-26-30/h4-5,8-11,19H,3,6-7,12-18H2,1-2H3. The molecule has 1 saturated heterocycles. The average Bonchev–Trinajstić information content (AvgIpc) is 2.85. The van der Waals surface area contributed by atoms with Gasteiger partial charge in [-0.2, -0.15) is 5.10 Å². The van der Waals surface area contributed by atoms with Gasteiger partial charge in [0, 0.05) is 45.2 Å². The van der Waals surface area contributed by atoms with Crippen molar-refractivity contribution < 1.29 is 4.74 Å². The van der Waals surface area contributed by atoms with Crippen molar-refractivity contribution in [2.75, 3.05) is 44.2 Å². The van der Waals surface area contributed by atoms with E-state index in [1.807, 2.05) is 0 Å². The molecule has 1 aliphatic heterocycles. The van der Waals surface area contributed by atoms with E-state index in [0.29, 0.717) is 6.54 Å². The lowest BCUT2D eigenvalue weighted by Gasteiger charge is -2.37. The summed E-state index contributed by atoms with van der Waals surface area (Å²) in [5.74, 6) is 0.971. The van der Waals surface area contributed by atoms with Gasteiger partial charge in [-0.1, -0.05) is 37.3 Å². The zero-order valence-electron chi connectivity index (χ0n) is 19.6. The molecular weight excluding hydrogens is 418 g/mol. The minimum atomic E-state index is -0.372. The monoisotopic (exact) mass is 451 g/mol. The van der Waals surface area contributed by atoms with Crippen molar-refractivity contribution in [1.82, 2.24) is 19.2 Å². The number of unbranched alkanes of at least 4 members (excludes halogenated alkanes) is 1. The molecule has 33 heavy (non-hydrogen) atoms. The molecule has 2 heterocycles. The molecule has 1 aromatic heterocycles. The zero-order chi connectivity index (χ0) is 23.2. The van der Waals surface area contributed by atoms with Crippen LogP contribution in [0.3, 0.4) is 0 Å². The fourth-order valence-corrected chi connectivity index (χ4v) is 4.36. The van der Waals surface area contributed by atoms with E-state index >= 15 is 0 Å². The van der Waals surface area contributed by atoms with Crippen molar-refractivity contribution >= 4 is 16.5 Å². The van der Waals surface area contributed by atoms with Crippen LogP contribution in [0.15, 0.2) is 52.2 Å². The van der Waals surface area contributed by atoms with Crippen molar-refractivity contribution in [3.8, 4) is 5.75 Å². The highest BCUT2D eigenvalue weighted by molar-refractivity contribution is 5.97. The number of piperazine rings is 1. The summed E-state index contributed by atoms with van der Waals surface area (Å²) in [5, 5.41) is 6.44. The molecule has 4 rings (SSSR count). The van der Waals surface area contributed by atoms with Crippen molar-refractivity contribution in [3.63, 3.8) is 0 Å². The summed E-state index contributed by atoms with van der Waals surface area (Å²) in [6.45, 7) is 8.27. The molecule has 0 unspecified atom stereocenters. The van der Waals surface area contributed by atoms with Crippen molar-refractivity contribution in [3.05, 3.63) is 63.4 Å². The Hall–Kier alpha value is -3.13. The van der Waals surface area contributed by atoms with Crippen LogP contribution < -0.4 is 20.9 Å². The van der Waals surface area contributed by atoms with Crippen LogP contribution in [-0.2, 0) is 13.6 Å². The lowest BCUT2D eigenvalue weighted by atomic mass is 10.1. The second-order valence-corrected chi connectivity index (χ2v) is 8.57. The first-order valence-corrected chi connectivity index (χ1v) is 11.8. The first kappa shape index (κ1) is 23.0. The number of aromatic nitrogens is 3. The van der Waals surface area contributed by atoms with E-state index in [2.05, 4.69) is 58.2 Å². The van der Waals surface area contributed by atoms with E-state index in [0.717, 1.165) is 68.9 Å². The Morgan fingerprint density at radius 1 is 0.970 bits per heavy atom. The van der Waals surface area contributed by atoms with Gasteiger partial charge in [0.05, 0.1) is 12.3 Å². The summed E-state index contributed by atoms with van der Waals surface area (Å²) in [6, 6.07) is 12.8. The molecule has 0 N–H and O–H groups in total. The van der Waals surface area contributed by atoms with E-state index in [9.17, 15) is 9.59 Å². The predicted octanol–water partition coefficient (Wildman–Crippen LogP) is 2.49. The molecule has 1 aliphatic rings. The largest absolute Gasteiger partial charge is 0.491 e. The first-order valence-electron chi connectivity index (χ1n) is 11.8. The SMILES string of the molecule is CCCOc1ccc2ccccc2c1N1CCN(CCCCn2ncc(=O)n(C)c2=O)CC1. The van der Waals surface area contributed by atoms with Crippen LogP contribution in [0.1, 0.15) is 26.2 Å². The molecule has 0 spiro atoms. The van der Waals surface area contributed by atoms with Gasteiger partial charge in [-0.15, -0.1) is 0 Å². The number of hydrogen-bond donors (Lipinski definition) is 0. The highest BCUT2D eigenvalue weighted by Crippen LogP contribution is 2.37. The highest BCUT2D eigenvalue weighted by Gasteiger charge is 2.21. The molecule has 0 atom stereocenters. The Morgan fingerprint density at radius 3 is 2.52 bits per heavy atom. The molecule has 1 fully saturated rings. The van der Waals surface area contributed by atoms with Crippen LogP contribution in [0.2, 0.25) is 0 Å². The second-order valence-electron chi connectivity index (χ2n) is 8.57. The molecule has 0 saturated carbocycles. The molecule has 0 bridgehead atoms. The smallest absolute Gasteiger partial charge is 0.347 e. The average molecular weight is 452 g/mol. The first-order chi connectivity index (χ1) is 16.1. The van der Waals surface area contributed by atoms with Crippen molar-refractivity contribution in [2.24, 2.45) is 7.05 Å². The van der Waals surface area contributed by atoms with Gasteiger partial charge in [0.2, 0.25) is 0 Å². The summed E-state index contributed by atoms with van der Waals surface area (Å²) < 4.78 is 8.58. The molecule has 176 valence electrons. The number of rotatable bonds is 9. The quantitative estimate of drug-likeness (QED) is 0.466. The van der Waals surface area contributed by atoms with Gasteiger partial charge in [-0.25, -0.2) is 9.48 Å². The van der Waals surface area contributed by atoms with Gasteiger partial charge in [0.15, 0.2) is 0 Å². The van der Waals surface area contributed by atoms with E-state index in [-0.39, 0.29) is 11.2 Å². The maximum Gasteiger partial charge on any atom is 0.347 e. The van der Waals surface area contributed by atoms with Gasteiger partial charge >= 0.3 is 5.69 Å². The van der Waals surface area contributed by atoms with Crippen LogP contribution in [0.25, 0.3) is 10.8 Å². The zero-order valence-corrected chi connectivity index (χ0v) is 19.6. The van der Waals surface area contributed by atoms with Gasteiger partial charge < -0.3 is 9.64 Å². The summed E-state index contributed by atoms with van der Waals surface area (Å²) in [4.78, 5) is 28.5. The van der Waals surface area contributed by atoms with Crippen LogP contribution >= 0.6 is 0 Å². The molecule has 0 amide bonds. The lowest BCUT2D eigenvalue weighted by molar-refractivity contribution is 0.249. The molecule has 0 aliphatic carbocycles. The Bertz CT molecular complexity index is 1190. The number of anilines is 1. The number of benzene rings is 2. The third-order valence-corrected chi connectivity index (χ3v) is 6.25. The summed E-state index contributed by atoms with van der Waals surface area (Å²) in [5.41, 5.74) is 0.484. The molecule has 3 aromatic rings. The van der Waals surface area contributed by atoms with Crippen LogP contribution in [0.4, 0.5) is 5.69 Å². The topological polar surface area (TPSA) is 72.6 Å².